The van der Waals surface area contributed by atoms with Crippen molar-refractivity contribution in [3.63, 3.8) is 0 Å². The Morgan fingerprint density at radius 3 is 2.71 bits per heavy atom. The van der Waals surface area contributed by atoms with Gasteiger partial charge in [0.05, 0.1) is 5.52 Å². The van der Waals surface area contributed by atoms with Crippen molar-refractivity contribution in [1.82, 2.24) is 19.8 Å². The molecular formula is C26H29N5O3. The first kappa shape index (κ1) is 23.2. The normalized spacial score (nSPS) is 18.7. The van der Waals surface area contributed by atoms with E-state index < -0.39 is 6.04 Å². The SMILES string of the molecule is CCCC1C(=O)N(Cc2ccc3c(N)ncnc3c2)C(C)CN1C(=O)/C=C/c1ccc(O)cc1. The number of carbonyl (C=O) groups excluding carboxylic acids is 2. The third kappa shape index (κ3) is 4.85. The Balaban J connectivity index is 1.52. The number of phenolic OH excluding ortho intramolecular Hbond substituents is 1. The zero-order valence-corrected chi connectivity index (χ0v) is 19.4. The summed E-state index contributed by atoms with van der Waals surface area (Å²) in [4.78, 5) is 38.4. The summed E-state index contributed by atoms with van der Waals surface area (Å²) in [6.07, 6.45) is 6.02. The van der Waals surface area contributed by atoms with Crippen LogP contribution in [0.25, 0.3) is 17.0 Å². The van der Waals surface area contributed by atoms with Crippen LogP contribution in [0.5, 0.6) is 5.75 Å². The van der Waals surface area contributed by atoms with Gasteiger partial charge in [-0.2, -0.15) is 0 Å². The number of nitrogen functional groups attached to an aromatic ring is 1. The molecule has 2 heterocycles. The van der Waals surface area contributed by atoms with Crippen molar-refractivity contribution in [3.05, 3.63) is 66.0 Å². The molecule has 1 aromatic heterocycles. The Morgan fingerprint density at radius 1 is 1.21 bits per heavy atom. The number of nitrogens with zero attached hydrogens (tertiary/aromatic N) is 4. The number of amides is 2. The number of anilines is 1. The van der Waals surface area contributed by atoms with E-state index >= 15 is 0 Å². The molecule has 1 saturated heterocycles. The van der Waals surface area contributed by atoms with Crippen molar-refractivity contribution >= 4 is 34.6 Å². The summed E-state index contributed by atoms with van der Waals surface area (Å²) in [5, 5.41) is 10.2. The van der Waals surface area contributed by atoms with Crippen LogP contribution >= 0.6 is 0 Å². The van der Waals surface area contributed by atoms with E-state index in [-0.39, 0.29) is 23.6 Å². The summed E-state index contributed by atoms with van der Waals surface area (Å²) >= 11 is 0. The lowest BCUT2D eigenvalue weighted by Crippen LogP contribution is -2.61. The smallest absolute Gasteiger partial charge is 0.247 e. The minimum Gasteiger partial charge on any atom is -0.508 e. The number of fused-ring (bicyclic) bond motifs is 1. The third-order valence-electron chi connectivity index (χ3n) is 6.18. The Morgan fingerprint density at radius 2 is 1.97 bits per heavy atom. The minimum atomic E-state index is -0.503. The maximum Gasteiger partial charge on any atom is 0.247 e. The number of aromatic nitrogens is 2. The molecule has 34 heavy (non-hydrogen) atoms. The highest BCUT2D eigenvalue weighted by Gasteiger charge is 2.39. The highest BCUT2D eigenvalue weighted by atomic mass is 16.3. The van der Waals surface area contributed by atoms with E-state index in [4.69, 9.17) is 5.73 Å². The van der Waals surface area contributed by atoms with Crippen LogP contribution in [0.4, 0.5) is 5.82 Å². The van der Waals surface area contributed by atoms with Gasteiger partial charge in [0.15, 0.2) is 0 Å². The van der Waals surface area contributed by atoms with Crippen LogP contribution in [0.15, 0.2) is 54.9 Å². The van der Waals surface area contributed by atoms with E-state index in [0.717, 1.165) is 28.5 Å². The Bertz CT molecular complexity index is 1220. The molecule has 8 nitrogen and oxygen atoms in total. The van der Waals surface area contributed by atoms with Crippen LogP contribution in [0.1, 0.15) is 37.8 Å². The van der Waals surface area contributed by atoms with E-state index in [2.05, 4.69) is 9.97 Å². The molecule has 0 spiro atoms. The summed E-state index contributed by atoms with van der Waals surface area (Å²) in [6, 6.07) is 11.7. The van der Waals surface area contributed by atoms with E-state index in [1.165, 1.54) is 12.4 Å². The molecule has 1 aliphatic rings. The number of aromatic hydroxyl groups is 1. The molecule has 0 radical (unpaired) electrons. The summed E-state index contributed by atoms with van der Waals surface area (Å²) in [6.45, 7) is 4.87. The second-order valence-corrected chi connectivity index (χ2v) is 8.65. The zero-order valence-electron chi connectivity index (χ0n) is 19.4. The van der Waals surface area contributed by atoms with Crippen molar-refractivity contribution < 1.29 is 14.7 Å². The van der Waals surface area contributed by atoms with Crippen molar-refractivity contribution in [3.8, 4) is 5.75 Å². The topological polar surface area (TPSA) is 113 Å². The van der Waals surface area contributed by atoms with Gasteiger partial charge in [0, 0.05) is 30.6 Å². The number of carbonyl (C=O) groups is 2. The molecule has 3 N–H and O–H groups in total. The van der Waals surface area contributed by atoms with Crippen molar-refractivity contribution in [2.24, 2.45) is 0 Å². The van der Waals surface area contributed by atoms with Crippen molar-refractivity contribution in [1.29, 1.82) is 0 Å². The molecular weight excluding hydrogens is 430 g/mol. The lowest BCUT2D eigenvalue weighted by Gasteiger charge is -2.44. The molecule has 2 atom stereocenters. The maximum absolute atomic E-state index is 13.5. The molecule has 2 unspecified atom stereocenters. The number of piperazine rings is 1. The lowest BCUT2D eigenvalue weighted by atomic mass is 10.0. The Hall–Kier alpha value is -3.94. The predicted molar refractivity (Wildman–Crippen MR) is 132 cm³/mol. The van der Waals surface area contributed by atoms with Gasteiger partial charge >= 0.3 is 0 Å². The van der Waals surface area contributed by atoms with Gasteiger partial charge in [-0.15, -0.1) is 0 Å². The lowest BCUT2D eigenvalue weighted by molar-refractivity contribution is -0.153. The van der Waals surface area contributed by atoms with Gasteiger partial charge in [-0.3, -0.25) is 9.59 Å². The standard InChI is InChI=1S/C26H29N5O3/c1-3-4-23-26(34)30(15-19-7-11-21-22(13-19)28-16-29-25(21)27)17(2)14-31(23)24(33)12-8-18-5-9-20(32)10-6-18/h5-13,16-17,23,32H,3-4,14-15H2,1-2H3,(H2,27,28,29)/b12-8+. The predicted octanol–water partition coefficient (Wildman–Crippen LogP) is 3.36. The molecule has 0 saturated carbocycles. The Kier molecular flexibility index (Phi) is 6.77. The van der Waals surface area contributed by atoms with Gasteiger partial charge in [-0.1, -0.05) is 31.5 Å². The highest BCUT2D eigenvalue weighted by molar-refractivity contribution is 5.96. The summed E-state index contributed by atoms with van der Waals surface area (Å²) in [5.41, 5.74) is 8.42. The molecule has 0 aliphatic carbocycles. The Labute approximate surface area is 198 Å². The number of hydrogen-bond donors (Lipinski definition) is 2. The molecule has 2 aromatic carbocycles. The number of benzene rings is 2. The number of phenols is 1. The number of nitrogens with two attached hydrogens (primary N) is 1. The van der Waals surface area contributed by atoms with Crippen LogP contribution in [0.2, 0.25) is 0 Å². The molecule has 8 heteroatoms. The second-order valence-electron chi connectivity index (χ2n) is 8.65. The second kappa shape index (κ2) is 9.91. The number of hydrogen-bond acceptors (Lipinski definition) is 6. The fraction of sp³-hybridized carbons (Fsp3) is 0.308. The van der Waals surface area contributed by atoms with Crippen molar-refractivity contribution in [2.75, 3.05) is 12.3 Å². The fourth-order valence-corrected chi connectivity index (χ4v) is 4.35. The number of rotatable bonds is 6. The minimum absolute atomic E-state index is 0.0470. The largest absolute Gasteiger partial charge is 0.508 e. The average Bonchev–Trinajstić information content (AvgIpc) is 2.83. The van der Waals surface area contributed by atoms with Crippen LogP contribution < -0.4 is 5.73 Å². The zero-order chi connectivity index (χ0) is 24.2. The van der Waals surface area contributed by atoms with E-state index in [9.17, 15) is 14.7 Å². The first-order chi connectivity index (χ1) is 16.4. The third-order valence-corrected chi connectivity index (χ3v) is 6.18. The molecule has 4 rings (SSSR count). The van der Waals surface area contributed by atoms with Crippen molar-refractivity contribution in [2.45, 2.75) is 45.3 Å². The molecule has 3 aromatic rings. The van der Waals surface area contributed by atoms with Gasteiger partial charge in [-0.05, 0) is 54.8 Å². The highest BCUT2D eigenvalue weighted by Crippen LogP contribution is 2.25. The average molecular weight is 460 g/mol. The summed E-state index contributed by atoms with van der Waals surface area (Å²) in [7, 11) is 0. The van der Waals surface area contributed by atoms with Crippen LogP contribution in [-0.2, 0) is 16.1 Å². The maximum atomic E-state index is 13.5. The van der Waals surface area contributed by atoms with Gasteiger partial charge in [0.2, 0.25) is 11.8 Å². The fourth-order valence-electron chi connectivity index (χ4n) is 4.35. The van der Waals surface area contributed by atoms with Crippen LogP contribution in [0, 0.1) is 0 Å². The van der Waals surface area contributed by atoms with E-state index in [1.807, 2.05) is 36.9 Å². The molecule has 176 valence electrons. The molecule has 1 aliphatic heterocycles. The summed E-state index contributed by atoms with van der Waals surface area (Å²) < 4.78 is 0. The van der Waals surface area contributed by atoms with E-state index in [1.54, 1.807) is 35.2 Å². The first-order valence-electron chi connectivity index (χ1n) is 11.4. The van der Waals surface area contributed by atoms with Gasteiger partial charge in [0.25, 0.3) is 0 Å². The van der Waals surface area contributed by atoms with Gasteiger partial charge in [-0.25, -0.2) is 9.97 Å². The molecule has 0 bridgehead atoms. The monoisotopic (exact) mass is 459 g/mol. The van der Waals surface area contributed by atoms with Gasteiger partial charge in [0.1, 0.15) is 23.9 Å². The van der Waals surface area contributed by atoms with Gasteiger partial charge < -0.3 is 20.6 Å². The quantitative estimate of drug-likeness (QED) is 0.547. The first-order valence-corrected chi connectivity index (χ1v) is 11.4. The van der Waals surface area contributed by atoms with E-state index in [0.29, 0.717) is 25.3 Å². The van der Waals surface area contributed by atoms with Crippen LogP contribution in [0.3, 0.4) is 0 Å². The molecule has 2 amide bonds. The summed E-state index contributed by atoms with van der Waals surface area (Å²) in [5.74, 6) is 0.361. The van der Waals surface area contributed by atoms with Crippen LogP contribution in [-0.4, -0.2) is 55.3 Å². The molecule has 1 fully saturated rings.